The third kappa shape index (κ3) is 4.06. The molecule has 0 saturated heterocycles. The molecule has 0 amide bonds. The zero-order chi connectivity index (χ0) is 13.8. The van der Waals surface area contributed by atoms with Gasteiger partial charge in [0.25, 0.3) is 0 Å². The fourth-order valence-corrected chi connectivity index (χ4v) is 3.86. The normalized spacial score (nSPS) is 29.2. The molecule has 0 aromatic heterocycles. The van der Waals surface area contributed by atoms with E-state index in [1.807, 2.05) is 0 Å². The highest BCUT2D eigenvalue weighted by molar-refractivity contribution is 9.09. The van der Waals surface area contributed by atoms with E-state index in [1.165, 1.54) is 30.4 Å². The molecule has 0 aliphatic heterocycles. The fourth-order valence-electron chi connectivity index (χ4n) is 3.36. The molecule has 1 nitrogen and oxygen atoms in total. The average Bonchev–Trinajstić information content (AvgIpc) is 2.36. The largest absolute Gasteiger partial charge is 0.369 e. The summed E-state index contributed by atoms with van der Waals surface area (Å²) in [4.78, 5) is 0. The van der Waals surface area contributed by atoms with Crippen LogP contribution in [0.4, 0.5) is 0 Å². The Morgan fingerprint density at radius 1 is 1.16 bits per heavy atom. The first-order valence-corrected chi connectivity index (χ1v) is 8.49. The first-order chi connectivity index (χ1) is 9.10. The Bertz CT molecular complexity index is 394. The van der Waals surface area contributed by atoms with Gasteiger partial charge in [0.05, 0.1) is 12.2 Å². The molecule has 0 radical (unpaired) electrons. The number of rotatable bonds is 4. The maximum Gasteiger partial charge on any atom is 0.0927 e. The lowest BCUT2D eigenvalue weighted by Gasteiger charge is -2.34. The minimum Gasteiger partial charge on any atom is -0.369 e. The van der Waals surface area contributed by atoms with Gasteiger partial charge in [-0.15, -0.1) is 0 Å². The van der Waals surface area contributed by atoms with E-state index in [9.17, 15) is 0 Å². The van der Waals surface area contributed by atoms with Gasteiger partial charge in [-0.1, -0.05) is 54.0 Å². The molecule has 19 heavy (non-hydrogen) atoms. The summed E-state index contributed by atoms with van der Waals surface area (Å²) in [6.07, 6.45) is 4.37. The van der Waals surface area contributed by atoms with Crippen LogP contribution in [0.15, 0.2) is 24.3 Å². The Morgan fingerprint density at radius 2 is 1.79 bits per heavy atom. The van der Waals surface area contributed by atoms with Crippen LogP contribution in [-0.2, 0) is 4.74 Å². The van der Waals surface area contributed by atoms with Crippen LogP contribution in [0.25, 0.3) is 0 Å². The highest BCUT2D eigenvalue weighted by Crippen LogP contribution is 2.34. The molecule has 3 unspecified atom stereocenters. The van der Waals surface area contributed by atoms with Crippen molar-refractivity contribution < 1.29 is 4.74 Å². The Labute approximate surface area is 125 Å². The summed E-state index contributed by atoms with van der Waals surface area (Å²) >= 11 is 3.62. The van der Waals surface area contributed by atoms with Gasteiger partial charge < -0.3 is 4.74 Å². The van der Waals surface area contributed by atoms with Crippen molar-refractivity contribution in [1.82, 2.24) is 0 Å². The van der Waals surface area contributed by atoms with Gasteiger partial charge in [0, 0.05) is 5.33 Å². The summed E-state index contributed by atoms with van der Waals surface area (Å²) in [5, 5.41) is 0.872. The predicted molar refractivity (Wildman–Crippen MR) is 84.8 cm³/mol. The fraction of sp³-hybridized carbons (Fsp3) is 0.647. The molecular weight excluding hydrogens is 300 g/mol. The molecule has 1 aliphatic rings. The van der Waals surface area contributed by atoms with Crippen molar-refractivity contribution in [1.29, 1.82) is 0 Å². The lowest BCUT2D eigenvalue weighted by atomic mass is 9.81. The van der Waals surface area contributed by atoms with E-state index in [0.29, 0.717) is 6.10 Å². The second-order valence-electron chi connectivity index (χ2n) is 6.18. The van der Waals surface area contributed by atoms with Gasteiger partial charge in [-0.05, 0) is 49.1 Å². The van der Waals surface area contributed by atoms with Crippen molar-refractivity contribution in [3.63, 3.8) is 0 Å². The Balaban J connectivity index is 2.05. The van der Waals surface area contributed by atoms with E-state index in [0.717, 1.165) is 17.2 Å². The van der Waals surface area contributed by atoms with Crippen LogP contribution in [0.5, 0.6) is 0 Å². The van der Waals surface area contributed by atoms with Crippen molar-refractivity contribution in [3.05, 3.63) is 35.4 Å². The quantitative estimate of drug-likeness (QED) is 0.685. The van der Waals surface area contributed by atoms with Crippen LogP contribution in [0.1, 0.15) is 50.3 Å². The van der Waals surface area contributed by atoms with Crippen molar-refractivity contribution in [3.8, 4) is 0 Å². The van der Waals surface area contributed by atoms with Crippen LogP contribution in [0.2, 0.25) is 0 Å². The van der Waals surface area contributed by atoms with Gasteiger partial charge in [0.2, 0.25) is 0 Å². The van der Waals surface area contributed by atoms with Crippen LogP contribution >= 0.6 is 15.9 Å². The Hall–Kier alpha value is -0.340. The van der Waals surface area contributed by atoms with Crippen LogP contribution in [0, 0.1) is 18.8 Å². The third-order valence-corrected chi connectivity index (χ3v) is 4.76. The van der Waals surface area contributed by atoms with E-state index in [2.05, 4.69) is 61.0 Å². The summed E-state index contributed by atoms with van der Waals surface area (Å²) in [6.45, 7) is 6.87. The third-order valence-electron chi connectivity index (χ3n) is 4.17. The molecule has 1 fully saturated rings. The summed E-state index contributed by atoms with van der Waals surface area (Å²) < 4.78 is 6.40. The molecule has 106 valence electrons. The number of aryl methyl sites for hydroxylation is 1. The second-order valence-corrected chi connectivity index (χ2v) is 6.82. The van der Waals surface area contributed by atoms with Crippen molar-refractivity contribution in [2.45, 2.75) is 52.2 Å². The number of halogens is 1. The topological polar surface area (TPSA) is 9.23 Å². The van der Waals surface area contributed by atoms with E-state index in [4.69, 9.17) is 4.74 Å². The number of benzene rings is 1. The molecule has 2 heteroatoms. The molecule has 1 aromatic carbocycles. The first kappa shape index (κ1) is 15.1. The SMILES string of the molecule is Cc1ccccc1C(CBr)OC1CC(C)CC(C)C1. The lowest BCUT2D eigenvalue weighted by molar-refractivity contribution is -0.0403. The molecule has 0 heterocycles. The van der Waals surface area contributed by atoms with Gasteiger partial charge in [-0.3, -0.25) is 0 Å². The van der Waals surface area contributed by atoms with Gasteiger partial charge in [-0.25, -0.2) is 0 Å². The van der Waals surface area contributed by atoms with E-state index >= 15 is 0 Å². The molecule has 3 atom stereocenters. The molecule has 0 spiro atoms. The second kappa shape index (κ2) is 6.90. The maximum atomic E-state index is 6.40. The number of alkyl halides is 1. The standard InChI is InChI=1S/C17H25BrO/c1-12-8-13(2)10-15(9-12)19-17(11-18)16-7-5-4-6-14(16)3/h4-7,12-13,15,17H,8-11H2,1-3H3. The monoisotopic (exact) mass is 324 g/mol. The zero-order valence-electron chi connectivity index (χ0n) is 12.2. The van der Waals surface area contributed by atoms with E-state index in [-0.39, 0.29) is 6.10 Å². The van der Waals surface area contributed by atoms with Crippen molar-refractivity contribution in [2.24, 2.45) is 11.8 Å². The molecular formula is C17H25BrO. The van der Waals surface area contributed by atoms with Gasteiger partial charge >= 0.3 is 0 Å². The summed E-state index contributed by atoms with van der Waals surface area (Å²) in [6, 6.07) is 8.56. The minimum absolute atomic E-state index is 0.184. The molecule has 0 bridgehead atoms. The van der Waals surface area contributed by atoms with Gasteiger partial charge in [0.15, 0.2) is 0 Å². The number of hydrogen-bond acceptors (Lipinski definition) is 1. The van der Waals surface area contributed by atoms with Crippen LogP contribution in [0.3, 0.4) is 0 Å². The van der Waals surface area contributed by atoms with Crippen LogP contribution in [-0.4, -0.2) is 11.4 Å². The molecule has 1 saturated carbocycles. The molecule has 2 rings (SSSR count). The van der Waals surface area contributed by atoms with Crippen molar-refractivity contribution in [2.75, 3.05) is 5.33 Å². The summed E-state index contributed by atoms with van der Waals surface area (Å²) in [5.41, 5.74) is 2.65. The minimum atomic E-state index is 0.184. The highest BCUT2D eigenvalue weighted by Gasteiger charge is 2.27. The number of ether oxygens (including phenoxy) is 1. The Morgan fingerprint density at radius 3 is 2.37 bits per heavy atom. The summed E-state index contributed by atoms with van der Waals surface area (Å²) in [5.74, 6) is 1.59. The average molecular weight is 325 g/mol. The first-order valence-electron chi connectivity index (χ1n) is 7.37. The highest BCUT2D eigenvalue weighted by atomic mass is 79.9. The van der Waals surface area contributed by atoms with Gasteiger partial charge in [-0.2, -0.15) is 0 Å². The number of hydrogen-bond donors (Lipinski definition) is 0. The van der Waals surface area contributed by atoms with E-state index in [1.54, 1.807) is 0 Å². The molecule has 0 N–H and O–H groups in total. The zero-order valence-corrected chi connectivity index (χ0v) is 13.8. The maximum absolute atomic E-state index is 6.40. The Kier molecular flexibility index (Phi) is 5.47. The van der Waals surface area contributed by atoms with Crippen LogP contribution < -0.4 is 0 Å². The molecule has 1 aromatic rings. The summed E-state index contributed by atoms with van der Waals surface area (Å²) in [7, 11) is 0. The van der Waals surface area contributed by atoms with Crippen molar-refractivity contribution >= 4 is 15.9 Å². The molecule has 1 aliphatic carbocycles. The van der Waals surface area contributed by atoms with E-state index < -0.39 is 0 Å². The lowest BCUT2D eigenvalue weighted by Crippen LogP contribution is -2.28. The predicted octanol–water partition coefficient (Wildman–Crippen LogP) is 5.27. The van der Waals surface area contributed by atoms with Gasteiger partial charge in [0.1, 0.15) is 0 Å². The smallest absolute Gasteiger partial charge is 0.0927 e.